The third kappa shape index (κ3) is 2.77. The summed E-state index contributed by atoms with van der Waals surface area (Å²) >= 11 is 1.37. The second-order valence-electron chi connectivity index (χ2n) is 3.30. The van der Waals surface area contributed by atoms with Crippen molar-refractivity contribution >= 4 is 28.2 Å². The highest BCUT2D eigenvalue weighted by molar-refractivity contribution is 7.13. The van der Waals surface area contributed by atoms with Crippen molar-refractivity contribution in [3.63, 3.8) is 0 Å². The largest absolute Gasteiger partial charge is 0.308 e. The number of hydrogen-bond donors (Lipinski definition) is 3. The lowest BCUT2D eigenvalue weighted by Crippen LogP contribution is -2.16. The Morgan fingerprint density at radius 1 is 1.41 bits per heavy atom. The highest BCUT2D eigenvalue weighted by Gasteiger charge is 2.09. The van der Waals surface area contributed by atoms with Crippen LogP contribution in [0.3, 0.4) is 0 Å². The van der Waals surface area contributed by atoms with Crippen LogP contribution in [0.25, 0.3) is 0 Å². The van der Waals surface area contributed by atoms with Crippen LogP contribution in [0.15, 0.2) is 23.6 Å². The molecule has 0 unspecified atom stereocenters. The Morgan fingerprint density at radius 2 is 2.24 bits per heavy atom. The molecule has 0 radical (unpaired) electrons. The number of rotatable bonds is 3. The monoisotopic (exact) mass is 249 g/mol. The molecule has 6 nitrogen and oxygen atoms in total. The predicted molar refractivity (Wildman–Crippen MR) is 66.9 cm³/mol. The molecule has 0 aliphatic heterocycles. The number of carbonyl (C=O) groups is 1. The number of aromatic nitrogens is 2. The van der Waals surface area contributed by atoms with Crippen LogP contribution < -0.4 is 16.6 Å². The average molecular weight is 249 g/mol. The van der Waals surface area contributed by atoms with E-state index in [-0.39, 0.29) is 11.6 Å². The summed E-state index contributed by atoms with van der Waals surface area (Å²) < 4.78 is 0. The van der Waals surface area contributed by atoms with Crippen LogP contribution >= 0.6 is 11.3 Å². The number of aryl methyl sites for hydroxylation is 1. The number of nitrogens with zero attached hydrogens (tertiary/aromatic N) is 2. The number of hydrogen-bond acceptors (Lipinski definition) is 6. The summed E-state index contributed by atoms with van der Waals surface area (Å²) in [4.78, 5) is 20.0. The van der Waals surface area contributed by atoms with Crippen molar-refractivity contribution in [1.82, 2.24) is 9.97 Å². The van der Waals surface area contributed by atoms with Crippen molar-refractivity contribution in [3.05, 3.63) is 35.0 Å². The molecule has 17 heavy (non-hydrogen) atoms. The molecule has 7 heteroatoms. The first-order valence-corrected chi connectivity index (χ1v) is 5.74. The molecule has 88 valence electrons. The highest BCUT2D eigenvalue weighted by atomic mass is 32.1. The molecule has 2 aromatic heterocycles. The van der Waals surface area contributed by atoms with Gasteiger partial charge in [-0.15, -0.1) is 11.3 Å². The third-order valence-corrected chi connectivity index (χ3v) is 2.84. The van der Waals surface area contributed by atoms with Gasteiger partial charge in [-0.2, -0.15) is 0 Å². The van der Waals surface area contributed by atoms with E-state index in [1.165, 1.54) is 11.3 Å². The van der Waals surface area contributed by atoms with Gasteiger partial charge in [-0.25, -0.2) is 15.8 Å². The molecular weight excluding hydrogens is 238 g/mol. The Kier molecular flexibility index (Phi) is 3.31. The van der Waals surface area contributed by atoms with E-state index in [0.717, 1.165) is 5.69 Å². The summed E-state index contributed by atoms with van der Waals surface area (Å²) in [6.07, 6.45) is 0. The van der Waals surface area contributed by atoms with Gasteiger partial charge in [-0.3, -0.25) is 10.1 Å². The summed E-state index contributed by atoms with van der Waals surface area (Å²) in [6, 6.07) is 4.98. The van der Waals surface area contributed by atoms with Crippen LogP contribution in [-0.4, -0.2) is 15.9 Å². The van der Waals surface area contributed by atoms with Gasteiger partial charge in [0.05, 0.1) is 5.69 Å². The molecule has 1 amide bonds. The number of nitrogens with two attached hydrogens (primary N) is 1. The fourth-order valence-corrected chi connectivity index (χ4v) is 1.90. The number of nitrogens with one attached hydrogen (secondary N) is 2. The molecule has 0 aliphatic carbocycles. The van der Waals surface area contributed by atoms with Crippen LogP contribution in [0.4, 0.5) is 10.9 Å². The van der Waals surface area contributed by atoms with Crippen LogP contribution in [-0.2, 0) is 0 Å². The second-order valence-corrected chi connectivity index (χ2v) is 4.16. The Balaban J connectivity index is 2.14. The molecule has 0 aliphatic rings. The van der Waals surface area contributed by atoms with E-state index in [1.54, 1.807) is 18.2 Å². The minimum atomic E-state index is -0.309. The first-order chi connectivity index (χ1) is 8.19. The zero-order chi connectivity index (χ0) is 12.3. The summed E-state index contributed by atoms with van der Waals surface area (Å²) in [5.74, 6) is 5.35. The minimum absolute atomic E-state index is 0.285. The Labute approximate surface area is 102 Å². The Hall–Kier alpha value is -1.99. The molecule has 2 rings (SSSR count). The van der Waals surface area contributed by atoms with Gasteiger partial charge in [-0.1, -0.05) is 6.07 Å². The van der Waals surface area contributed by atoms with Crippen molar-refractivity contribution in [2.75, 3.05) is 10.7 Å². The smallest absolute Gasteiger partial charge is 0.276 e. The first kappa shape index (κ1) is 11.5. The number of amides is 1. The molecule has 0 fully saturated rings. The molecule has 0 saturated carbocycles. The highest BCUT2D eigenvalue weighted by Crippen LogP contribution is 2.15. The van der Waals surface area contributed by atoms with Crippen LogP contribution in [0.5, 0.6) is 0 Å². The summed E-state index contributed by atoms with van der Waals surface area (Å²) in [5, 5.41) is 5.09. The second kappa shape index (κ2) is 4.89. The van der Waals surface area contributed by atoms with Gasteiger partial charge in [0.1, 0.15) is 11.5 Å². The van der Waals surface area contributed by atoms with Crippen LogP contribution in [0.2, 0.25) is 0 Å². The van der Waals surface area contributed by atoms with E-state index in [1.807, 2.05) is 12.3 Å². The number of thiazole rings is 1. The number of nitrogen functional groups attached to an aromatic ring is 1. The Bertz CT molecular complexity index is 539. The van der Waals surface area contributed by atoms with Gasteiger partial charge in [0, 0.05) is 5.38 Å². The fraction of sp³-hybridized carbons (Fsp3) is 0.100. The summed E-state index contributed by atoms with van der Waals surface area (Å²) in [7, 11) is 0. The predicted octanol–water partition coefficient (Wildman–Crippen LogP) is 1.38. The normalized spacial score (nSPS) is 10.0. The van der Waals surface area contributed by atoms with Crippen molar-refractivity contribution < 1.29 is 4.79 Å². The molecule has 2 heterocycles. The van der Waals surface area contributed by atoms with Gasteiger partial charge in [-0.05, 0) is 19.1 Å². The number of pyridine rings is 1. The van der Waals surface area contributed by atoms with Crippen molar-refractivity contribution in [2.45, 2.75) is 6.92 Å². The lowest BCUT2D eigenvalue weighted by molar-refractivity contribution is 0.102. The van der Waals surface area contributed by atoms with Crippen LogP contribution in [0.1, 0.15) is 16.2 Å². The lowest BCUT2D eigenvalue weighted by Gasteiger charge is -2.03. The molecule has 0 spiro atoms. The maximum Gasteiger partial charge on any atom is 0.276 e. The van der Waals surface area contributed by atoms with E-state index in [2.05, 4.69) is 20.7 Å². The Morgan fingerprint density at radius 3 is 2.88 bits per heavy atom. The molecule has 0 atom stereocenters. The zero-order valence-electron chi connectivity index (χ0n) is 9.10. The van der Waals surface area contributed by atoms with Gasteiger partial charge >= 0.3 is 0 Å². The summed E-state index contributed by atoms with van der Waals surface area (Å²) in [6.45, 7) is 1.86. The quantitative estimate of drug-likeness (QED) is 0.564. The number of hydrazine groups is 1. The standard InChI is InChI=1S/C10H11N5OS/c1-6-5-17-10(12-6)14-9(16)7-3-2-4-8(13-7)15-11/h2-5H,11H2,1H3,(H,13,15)(H,12,14,16). The summed E-state index contributed by atoms with van der Waals surface area (Å²) in [5.41, 5.74) is 3.54. The van der Waals surface area contributed by atoms with E-state index < -0.39 is 0 Å². The first-order valence-electron chi connectivity index (χ1n) is 4.86. The van der Waals surface area contributed by atoms with E-state index >= 15 is 0 Å². The van der Waals surface area contributed by atoms with Gasteiger partial charge in [0.2, 0.25) is 0 Å². The van der Waals surface area contributed by atoms with E-state index in [9.17, 15) is 4.79 Å². The molecule has 0 aromatic carbocycles. The van der Waals surface area contributed by atoms with Gasteiger partial charge in [0.15, 0.2) is 5.13 Å². The van der Waals surface area contributed by atoms with Gasteiger partial charge in [0.25, 0.3) is 5.91 Å². The topological polar surface area (TPSA) is 92.9 Å². The van der Waals surface area contributed by atoms with E-state index in [0.29, 0.717) is 10.9 Å². The van der Waals surface area contributed by atoms with E-state index in [4.69, 9.17) is 5.84 Å². The molecule has 2 aromatic rings. The lowest BCUT2D eigenvalue weighted by atomic mass is 10.3. The fourth-order valence-electron chi connectivity index (χ4n) is 1.21. The molecule has 4 N–H and O–H groups in total. The van der Waals surface area contributed by atoms with Crippen molar-refractivity contribution in [3.8, 4) is 0 Å². The maximum atomic E-state index is 11.8. The maximum absolute atomic E-state index is 11.8. The van der Waals surface area contributed by atoms with Crippen molar-refractivity contribution in [1.29, 1.82) is 0 Å². The average Bonchev–Trinajstić information content (AvgIpc) is 2.75. The minimum Gasteiger partial charge on any atom is -0.308 e. The van der Waals surface area contributed by atoms with Crippen molar-refractivity contribution in [2.24, 2.45) is 5.84 Å². The zero-order valence-corrected chi connectivity index (χ0v) is 9.91. The SMILES string of the molecule is Cc1csc(NC(=O)c2cccc(NN)n2)n1. The molecule has 0 saturated heterocycles. The number of carbonyl (C=O) groups excluding carboxylic acids is 1. The third-order valence-electron chi connectivity index (χ3n) is 1.97. The molecular formula is C10H11N5OS. The number of anilines is 2. The molecule has 0 bridgehead atoms. The van der Waals surface area contributed by atoms with Gasteiger partial charge < -0.3 is 5.43 Å². The van der Waals surface area contributed by atoms with Crippen LogP contribution in [0, 0.1) is 6.92 Å².